The minimum atomic E-state index is -1.01. The minimum Gasteiger partial charge on any atom is -0.506 e. The molecule has 1 aliphatic carbocycles. The molecule has 0 aromatic heterocycles. The normalized spacial score (nSPS) is 20.4. The molecular formula is C35H50ClN5O5. The van der Waals surface area contributed by atoms with E-state index in [0.717, 1.165) is 57.3 Å². The van der Waals surface area contributed by atoms with E-state index in [2.05, 4.69) is 36.2 Å². The molecule has 0 saturated carbocycles. The van der Waals surface area contributed by atoms with Crippen molar-refractivity contribution < 1.29 is 24.2 Å². The van der Waals surface area contributed by atoms with Gasteiger partial charge in [0.2, 0.25) is 0 Å². The van der Waals surface area contributed by atoms with E-state index >= 15 is 0 Å². The number of unbranched alkanes of at least 4 members (excludes halogenated alkanes) is 1. The summed E-state index contributed by atoms with van der Waals surface area (Å²) in [6.07, 6.45) is 11.1. The summed E-state index contributed by atoms with van der Waals surface area (Å²) in [4.78, 5) is 48.4. The highest BCUT2D eigenvalue weighted by Crippen LogP contribution is 2.28. The fraction of sp³-hybridized carbons (Fsp3) is 0.629. The SMILES string of the molecule is CCCCN(CC)C1CCN(C(=O)[C@@H](Cc2ccc(O)c(Cl)c2)OC(=O)N2CCC(N3CCC4=CCCC=C4NC3=O)CC2)CC1. The number of amides is 4. The number of hydrogen-bond donors (Lipinski definition) is 2. The number of rotatable bonds is 10. The summed E-state index contributed by atoms with van der Waals surface area (Å²) in [5, 5.41) is 13.2. The highest BCUT2D eigenvalue weighted by molar-refractivity contribution is 6.32. The van der Waals surface area contributed by atoms with Crippen molar-refractivity contribution in [2.75, 3.05) is 45.8 Å². The van der Waals surface area contributed by atoms with Crippen LogP contribution in [0.1, 0.15) is 77.2 Å². The maximum Gasteiger partial charge on any atom is 0.410 e. The van der Waals surface area contributed by atoms with Crippen LogP contribution in [0.5, 0.6) is 5.75 Å². The van der Waals surface area contributed by atoms with Crippen molar-refractivity contribution in [3.05, 3.63) is 52.2 Å². The summed E-state index contributed by atoms with van der Waals surface area (Å²) in [7, 11) is 0. The van der Waals surface area contributed by atoms with Gasteiger partial charge in [0, 0.05) is 56.9 Å². The van der Waals surface area contributed by atoms with E-state index in [4.69, 9.17) is 16.3 Å². The van der Waals surface area contributed by atoms with Gasteiger partial charge >= 0.3 is 12.1 Å². The lowest BCUT2D eigenvalue weighted by Crippen LogP contribution is -2.53. The van der Waals surface area contributed by atoms with Gasteiger partial charge in [-0.1, -0.05) is 50.1 Å². The van der Waals surface area contributed by atoms with Crippen LogP contribution in [0, 0.1) is 0 Å². The first-order valence-corrected chi connectivity index (χ1v) is 17.6. The molecule has 0 radical (unpaired) electrons. The predicted molar refractivity (Wildman–Crippen MR) is 179 cm³/mol. The maximum atomic E-state index is 13.9. The Labute approximate surface area is 278 Å². The maximum absolute atomic E-state index is 13.9. The molecule has 3 heterocycles. The summed E-state index contributed by atoms with van der Waals surface area (Å²) >= 11 is 6.18. The Kier molecular flexibility index (Phi) is 11.9. The van der Waals surface area contributed by atoms with E-state index in [1.54, 1.807) is 17.0 Å². The molecule has 0 spiro atoms. The van der Waals surface area contributed by atoms with E-state index in [-0.39, 0.29) is 35.2 Å². The second kappa shape index (κ2) is 16.0. The third kappa shape index (κ3) is 8.37. The number of halogens is 1. The largest absolute Gasteiger partial charge is 0.506 e. The van der Waals surface area contributed by atoms with Crippen molar-refractivity contribution in [3.8, 4) is 5.75 Å². The smallest absolute Gasteiger partial charge is 0.410 e. The predicted octanol–water partition coefficient (Wildman–Crippen LogP) is 5.69. The number of phenols is 1. The molecule has 3 fully saturated rings. The average molecular weight is 656 g/mol. The molecule has 11 heteroatoms. The van der Waals surface area contributed by atoms with Crippen molar-refractivity contribution >= 4 is 29.6 Å². The zero-order valence-corrected chi connectivity index (χ0v) is 28.1. The molecule has 0 unspecified atom stereocenters. The molecule has 2 N–H and O–H groups in total. The van der Waals surface area contributed by atoms with Crippen molar-refractivity contribution in [3.63, 3.8) is 0 Å². The molecule has 5 rings (SSSR count). The monoisotopic (exact) mass is 655 g/mol. The molecule has 3 saturated heterocycles. The Morgan fingerprint density at radius 1 is 1.04 bits per heavy atom. The Morgan fingerprint density at radius 3 is 2.46 bits per heavy atom. The first-order chi connectivity index (χ1) is 22.3. The number of fused-ring (bicyclic) bond motifs is 1. The van der Waals surface area contributed by atoms with Crippen LogP contribution >= 0.6 is 11.6 Å². The zero-order valence-electron chi connectivity index (χ0n) is 27.4. The lowest BCUT2D eigenvalue weighted by atomic mass is 10.00. The van der Waals surface area contributed by atoms with E-state index < -0.39 is 12.2 Å². The molecule has 3 aliphatic heterocycles. The van der Waals surface area contributed by atoms with Crippen molar-refractivity contribution in [2.45, 2.75) is 96.2 Å². The van der Waals surface area contributed by atoms with Gasteiger partial charge in [0.1, 0.15) is 5.75 Å². The Morgan fingerprint density at radius 2 is 1.76 bits per heavy atom. The lowest BCUT2D eigenvalue weighted by molar-refractivity contribution is -0.142. The number of aromatic hydroxyl groups is 1. The number of carbonyl (C=O) groups excluding carboxylic acids is 3. The Bertz CT molecular complexity index is 1300. The van der Waals surface area contributed by atoms with Crippen LogP contribution in [0.4, 0.5) is 9.59 Å². The molecule has 0 bridgehead atoms. The summed E-state index contributed by atoms with van der Waals surface area (Å²) in [6.45, 7) is 9.25. The van der Waals surface area contributed by atoms with Gasteiger partial charge < -0.3 is 34.8 Å². The number of hydrogen-bond acceptors (Lipinski definition) is 6. The standard InChI is InChI=1S/C35H50ClN5O5/c1-3-5-17-38(4-2)27-13-18-39(19-14-27)33(43)32(24-25-10-11-31(42)29(36)23-25)46-35(45)40-20-15-28(16-21-40)41-22-12-26-8-6-7-9-30(26)37-34(41)44/h8-11,23,27-28,32,42H,3-7,12-22,24H2,1-2H3,(H,37,44)/t32-/m1/s1. The molecule has 4 aliphatic rings. The number of ether oxygens (including phenoxy) is 1. The third-order valence-corrected chi connectivity index (χ3v) is 10.3. The fourth-order valence-corrected chi connectivity index (χ4v) is 7.42. The van der Waals surface area contributed by atoms with Gasteiger partial charge in [0.25, 0.3) is 5.91 Å². The number of nitrogens with zero attached hydrogens (tertiary/aromatic N) is 4. The van der Waals surface area contributed by atoms with Crippen LogP contribution in [-0.4, -0.2) is 107 Å². The Hall–Kier alpha value is -3.24. The highest BCUT2D eigenvalue weighted by atomic mass is 35.5. The first kappa shape index (κ1) is 34.1. The van der Waals surface area contributed by atoms with Crippen molar-refractivity contribution in [1.82, 2.24) is 24.9 Å². The number of likely N-dealkylation sites (tertiary alicyclic amines) is 2. The molecule has 252 valence electrons. The van der Waals surface area contributed by atoms with Gasteiger partial charge in [-0.05, 0) is 87.7 Å². The number of urea groups is 1. The molecule has 1 aromatic carbocycles. The number of benzene rings is 1. The molecule has 4 amide bonds. The van der Waals surface area contributed by atoms with E-state index in [1.807, 2.05) is 9.80 Å². The average Bonchev–Trinajstić information content (AvgIpc) is 3.24. The minimum absolute atomic E-state index is 0.0308. The number of allylic oxidation sites excluding steroid dienone is 3. The van der Waals surface area contributed by atoms with Gasteiger partial charge in [0.05, 0.1) is 5.02 Å². The van der Waals surface area contributed by atoms with Crippen molar-refractivity contribution in [2.24, 2.45) is 0 Å². The number of phenolic OH excluding ortho intramolecular Hbond substituents is 1. The summed E-state index contributed by atoms with van der Waals surface area (Å²) < 4.78 is 5.99. The van der Waals surface area contributed by atoms with E-state index in [1.165, 1.54) is 18.1 Å². The molecule has 1 aromatic rings. The van der Waals surface area contributed by atoms with Crippen molar-refractivity contribution in [1.29, 1.82) is 0 Å². The van der Waals surface area contributed by atoms with Gasteiger partial charge in [-0.15, -0.1) is 0 Å². The molecule has 1 atom stereocenters. The second-order valence-corrected chi connectivity index (χ2v) is 13.3. The number of piperidine rings is 2. The van der Waals surface area contributed by atoms with Crippen LogP contribution in [0.15, 0.2) is 41.6 Å². The topological polar surface area (TPSA) is 106 Å². The van der Waals surface area contributed by atoms with Gasteiger partial charge in [-0.3, -0.25) is 4.79 Å². The lowest BCUT2D eigenvalue weighted by Gasteiger charge is -2.40. The first-order valence-electron chi connectivity index (χ1n) is 17.2. The molecular weight excluding hydrogens is 606 g/mol. The van der Waals surface area contributed by atoms with Crippen LogP contribution in [-0.2, 0) is 16.0 Å². The highest BCUT2D eigenvalue weighted by Gasteiger charge is 2.36. The van der Waals surface area contributed by atoms with Gasteiger partial charge in [0.15, 0.2) is 6.10 Å². The fourth-order valence-electron chi connectivity index (χ4n) is 7.21. The number of carbonyl (C=O) groups is 3. The van der Waals surface area contributed by atoms with Gasteiger partial charge in [-0.25, -0.2) is 9.59 Å². The summed E-state index contributed by atoms with van der Waals surface area (Å²) in [5.74, 6) is -0.238. The molecule has 10 nitrogen and oxygen atoms in total. The van der Waals surface area contributed by atoms with Crippen LogP contribution in [0.2, 0.25) is 5.02 Å². The van der Waals surface area contributed by atoms with Gasteiger partial charge in [-0.2, -0.15) is 0 Å². The van der Waals surface area contributed by atoms with Crippen LogP contribution in [0.25, 0.3) is 0 Å². The second-order valence-electron chi connectivity index (χ2n) is 12.9. The van der Waals surface area contributed by atoms with Crippen LogP contribution in [0.3, 0.4) is 0 Å². The van der Waals surface area contributed by atoms with E-state index in [0.29, 0.717) is 57.2 Å². The summed E-state index contributed by atoms with van der Waals surface area (Å²) in [6, 6.07) is 5.21. The molecule has 46 heavy (non-hydrogen) atoms. The van der Waals surface area contributed by atoms with Crippen LogP contribution < -0.4 is 5.32 Å². The number of nitrogens with one attached hydrogen (secondary N) is 1. The summed E-state index contributed by atoms with van der Waals surface area (Å²) in [5.41, 5.74) is 2.85. The zero-order chi connectivity index (χ0) is 32.6. The third-order valence-electron chi connectivity index (χ3n) is 9.99. The van der Waals surface area contributed by atoms with E-state index in [9.17, 15) is 19.5 Å². The Balaban J connectivity index is 1.20. The quantitative estimate of drug-likeness (QED) is 0.336.